The van der Waals surface area contributed by atoms with Crippen LogP contribution in [0.25, 0.3) is 0 Å². The van der Waals surface area contributed by atoms with E-state index in [0.29, 0.717) is 6.42 Å². The van der Waals surface area contributed by atoms with E-state index in [1.807, 2.05) is 13.8 Å². The molecule has 0 fully saturated rings. The number of halogens is 3. The van der Waals surface area contributed by atoms with Gasteiger partial charge in [0.1, 0.15) is 5.60 Å². The molecule has 0 bridgehead atoms. The summed E-state index contributed by atoms with van der Waals surface area (Å²) in [5.41, 5.74) is -0.539. The van der Waals surface area contributed by atoms with Gasteiger partial charge in [-0.05, 0) is 44.9 Å². The number of carbonyl (C=O) groups excluding carboxylic acids is 1. The van der Waals surface area contributed by atoms with Crippen molar-refractivity contribution in [1.82, 2.24) is 5.32 Å². The molecule has 1 amide bonds. The molecule has 1 aromatic rings. The molecule has 3 nitrogen and oxygen atoms in total. The SMILES string of the molecule is CCC(NC(=O)OC(C)(C)C)C(C)c1ccc(C(F)(F)F)cc1. The first kappa shape index (κ1) is 19.3. The predicted molar refractivity (Wildman–Crippen MR) is 83.3 cm³/mol. The molecule has 0 saturated heterocycles. The Balaban J connectivity index is 2.80. The predicted octanol–water partition coefficient (Wildman–Crippen LogP) is 5.11. The zero-order chi connectivity index (χ0) is 17.8. The molecule has 23 heavy (non-hydrogen) atoms. The van der Waals surface area contributed by atoms with Crippen LogP contribution in [0.15, 0.2) is 24.3 Å². The van der Waals surface area contributed by atoms with Crippen LogP contribution in [0, 0.1) is 0 Å². The lowest BCUT2D eigenvalue weighted by Gasteiger charge is -2.27. The van der Waals surface area contributed by atoms with Crippen LogP contribution in [0.5, 0.6) is 0 Å². The third-order valence-electron chi connectivity index (χ3n) is 3.51. The number of hydrogen-bond acceptors (Lipinski definition) is 2. The van der Waals surface area contributed by atoms with Crippen molar-refractivity contribution in [3.05, 3.63) is 35.4 Å². The first-order valence-corrected chi connectivity index (χ1v) is 7.60. The Morgan fingerprint density at radius 2 is 1.70 bits per heavy atom. The van der Waals surface area contributed by atoms with Gasteiger partial charge in [0.05, 0.1) is 5.56 Å². The van der Waals surface area contributed by atoms with E-state index in [-0.39, 0.29) is 12.0 Å². The molecular formula is C17H24F3NO2. The van der Waals surface area contributed by atoms with Crippen LogP contribution in [0.3, 0.4) is 0 Å². The molecule has 0 saturated carbocycles. The third kappa shape index (κ3) is 6.12. The first-order valence-electron chi connectivity index (χ1n) is 7.60. The van der Waals surface area contributed by atoms with E-state index in [9.17, 15) is 18.0 Å². The van der Waals surface area contributed by atoms with Gasteiger partial charge in [0, 0.05) is 12.0 Å². The molecule has 0 spiro atoms. The Labute approximate surface area is 135 Å². The molecule has 1 N–H and O–H groups in total. The Kier molecular flexibility index (Phi) is 6.08. The molecule has 2 unspecified atom stereocenters. The molecule has 0 heterocycles. The summed E-state index contributed by atoms with van der Waals surface area (Å²) in [6.45, 7) is 9.09. The van der Waals surface area contributed by atoms with Gasteiger partial charge in [-0.1, -0.05) is 26.0 Å². The van der Waals surface area contributed by atoms with Crippen molar-refractivity contribution in [3.8, 4) is 0 Å². The lowest BCUT2D eigenvalue weighted by Crippen LogP contribution is -2.41. The van der Waals surface area contributed by atoms with Crippen LogP contribution in [0.1, 0.15) is 58.1 Å². The van der Waals surface area contributed by atoms with Crippen LogP contribution in [-0.2, 0) is 10.9 Å². The van der Waals surface area contributed by atoms with Gasteiger partial charge < -0.3 is 10.1 Å². The zero-order valence-electron chi connectivity index (χ0n) is 14.1. The Morgan fingerprint density at radius 3 is 2.09 bits per heavy atom. The fourth-order valence-corrected chi connectivity index (χ4v) is 2.25. The largest absolute Gasteiger partial charge is 0.444 e. The average Bonchev–Trinajstić information content (AvgIpc) is 2.41. The van der Waals surface area contributed by atoms with E-state index in [0.717, 1.165) is 17.7 Å². The molecule has 2 atom stereocenters. The molecule has 0 aromatic heterocycles. The minimum absolute atomic E-state index is 0.130. The van der Waals surface area contributed by atoms with Crippen molar-refractivity contribution in [2.24, 2.45) is 0 Å². The van der Waals surface area contributed by atoms with Crippen LogP contribution < -0.4 is 5.32 Å². The minimum Gasteiger partial charge on any atom is -0.444 e. The fraction of sp³-hybridized carbons (Fsp3) is 0.588. The summed E-state index contributed by atoms with van der Waals surface area (Å²) in [5.74, 6) is -0.130. The van der Waals surface area contributed by atoms with Gasteiger partial charge in [-0.3, -0.25) is 0 Å². The van der Waals surface area contributed by atoms with Crippen LogP contribution in [-0.4, -0.2) is 17.7 Å². The molecule has 130 valence electrons. The first-order chi connectivity index (χ1) is 10.4. The molecule has 6 heteroatoms. The Hall–Kier alpha value is -1.72. The van der Waals surface area contributed by atoms with Gasteiger partial charge in [0.15, 0.2) is 0 Å². The quantitative estimate of drug-likeness (QED) is 0.832. The summed E-state index contributed by atoms with van der Waals surface area (Å²) < 4.78 is 43.0. The molecule has 0 aliphatic rings. The monoisotopic (exact) mass is 331 g/mol. The van der Waals surface area contributed by atoms with E-state index in [4.69, 9.17) is 4.74 Å². The number of hydrogen-bond donors (Lipinski definition) is 1. The third-order valence-corrected chi connectivity index (χ3v) is 3.51. The second-order valence-corrected chi connectivity index (χ2v) is 6.57. The molecule has 0 aliphatic heterocycles. The topological polar surface area (TPSA) is 38.3 Å². The van der Waals surface area contributed by atoms with Gasteiger partial charge >= 0.3 is 12.3 Å². The molecule has 0 aliphatic carbocycles. The van der Waals surface area contributed by atoms with Crippen molar-refractivity contribution >= 4 is 6.09 Å². The van der Waals surface area contributed by atoms with Crippen molar-refractivity contribution in [1.29, 1.82) is 0 Å². The fourth-order valence-electron chi connectivity index (χ4n) is 2.25. The van der Waals surface area contributed by atoms with E-state index >= 15 is 0 Å². The van der Waals surface area contributed by atoms with Gasteiger partial charge in [0.2, 0.25) is 0 Å². The summed E-state index contributed by atoms with van der Waals surface area (Å²) in [4.78, 5) is 11.9. The minimum atomic E-state index is -4.35. The van der Waals surface area contributed by atoms with Gasteiger partial charge in [0.25, 0.3) is 0 Å². The van der Waals surface area contributed by atoms with E-state index < -0.39 is 23.4 Å². The number of amides is 1. The number of nitrogens with one attached hydrogen (secondary N) is 1. The number of alkyl carbamates (subject to hydrolysis) is 1. The summed E-state index contributed by atoms with van der Waals surface area (Å²) in [6.07, 6.45) is -4.23. The molecule has 0 radical (unpaired) electrons. The second-order valence-electron chi connectivity index (χ2n) is 6.57. The number of alkyl halides is 3. The lowest BCUT2D eigenvalue weighted by atomic mass is 9.91. The maximum atomic E-state index is 12.6. The van der Waals surface area contributed by atoms with Gasteiger partial charge in [-0.15, -0.1) is 0 Å². The number of carbonyl (C=O) groups is 1. The van der Waals surface area contributed by atoms with Crippen LogP contribution in [0.4, 0.5) is 18.0 Å². The smallest absolute Gasteiger partial charge is 0.416 e. The average molecular weight is 331 g/mol. The highest BCUT2D eigenvalue weighted by molar-refractivity contribution is 5.68. The standard InChI is InChI=1S/C17H24F3NO2/c1-6-14(21-15(22)23-16(3,4)5)11(2)12-7-9-13(10-8-12)17(18,19)20/h7-11,14H,6H2,1-5H3,(H,21,22). The summed E-state index contributed by atoms with van der Waals surface area (Å²) in [7, 11) is 0. The van der Waals surface area contributed by atoms with Gasteiger partial charge in [-0.25, -0.2) is 4.79 Å². The molecule has 1 rings (SSSR count). The van der Waals surface area contributed by atoms with Crippen molar-refractivity contribution < 1.29 is 22.7 Å². The highest BCUT2D eigenvalue weighted by atomic mass is 19.4. The van der Waals surface area contributed by atoms with Crippen molar-refractivity contribution in [2.75, 3.05) is 0 Å². The van der Waals surface area contributed by atoms with Crippen molar-refractivity contribution in [2.45, 2.75) is 64.8 Å². The van der Waals surface area contributed by atoms with Crippen molar-refractivity contribution in [3.63, 3.8) is 0 Å². The number of rotatable bonds is 4. The number of benzene rings is 1. The highest BCUT2D eigenvalue weighted by Gasteiger charge is 2.30. The highest BCUT2D eigenvalue weighted by Crippen LogP contribution is 2.31. The van der Waals surface area contributed by atoms with Crippen LogP contribution in [0.2, 0.25) is 0 Å². The summed E-state index contributed by atoms with van der Waals surface area (Å²) >= 11 is 0. The second kappa shape index (κ2) is 7.23. The van der Waals surface area contributed by atoms with E-state index in [1.54, 1.807) is 20.8 Å². The van der Waals surface area contributed by atoms with Gasteiger partial charge in [-0.2, -0.15) is 13.2 Å². The van der Waals surface area contributed by atoms with Crippen LogP contribution >= 0.6 is 0 Å². The summed E-state index contributed by atoms with van der Waals surface area (Å²) in [6, 6.07) is 4.80. The zero-order valence-corrected chi connectivity index (χ0v) is 14.1. The Morgan fingerprint density at radius 1 is 1.17 bits per heavy atom. The van der Waals surface area contributed by atoms with E-state index in [1.165, 1.54) is 12.1 Å². The maximum absolute atomic E-state index is 12.6. The van der Waals surface area contributed by atoms with E-state index in [2.05, 4.69) is 5.32 Å². The maximum Gasteiger partial charge on any atom is 0.416 e. The molecule has 1 aromatic carbocycles. The lowest BCUT2D eigenvalue weighted by molar-refractivity contribution is -0.137. The normalized spacial score (nSPS) is 15.0. The number of ether oxygens (including phenoxy) is 1. The molecular weight excluding hydrogens is 307 g/mol. The summed E-state index contributed by atoms with van der Waals surface area (Å²) in [5, 5.41) is 2.78. The Bertz CT molecular complexity index is 518.